The number of carbonyl (C=O) groups is 1. The minimum Gasteiger partial charge on any atom is -0.399 e. The van der Waals surface area contributed by atoms with Crippen molar-refractivity contribution in [2.24, 2.45) is 0 Å². The Morgan fingerprint density at radius 1 is 1.47 bits per heavy atom. The minimum atomic E-state index is 0.134. The van der Waals surface area contributed by atoms with Crippen LogP contribution in [0.1, 0.15) is 22.8 Å². The maximum Gasteiger partial charge on any atom is 0.254 e. The van der Waals surface area contributed by atoms with E-state index in [1.165, 1.54) is 0 Å². The Bertz CT molecular complexity index is 420. The Labute approximate surface area is 106 Å². The fourth-order valence-electron chi connectivity index (χ4n) is 2.07. The number of benzene rings is 1. The predicted molar refractivity (Wildman–Crippen MR) is 73.5 cm³/mol. The summed E-state index contributed by atoms with van der Waals surface area (Å²) in [7, 11) is 0. The number of thioether (sulfide) groups is 1. The first-order valence-corrected chi connectivity index (χ1v) is 7.13. The number of hydrogen-bond donors (Lipinski definition) is 1. The zero-order chi connectivity index (χ0) is 12.3. The van der Waals surface area contributed by atoms with Gasteiger partial charge in [-0.15, -0.1) is 0 Å². The number of amides is 1. The summed E-state index contributed by atoms with van der Waals surface area (Å²) >= 11 is 1.87. The van der Waals surface area contributed by atoms with Gasteiger partial charge in [-0.2, -0.15) is 11.8 Å². The summed E-state index contributed by atoms with van der Waals surface area (Å²) in [5.41, 5.74) is 8.32. The van der Waals surface area contributed by atoms with Crippen molar-refractivity contribution in [2.75, 3.05) is 30.3 Å². The number of nitrogens with zero attached hydrogens (tertiary/aromatic N) is 1. The first-order chi connectivity index (χ1) is 8.22. The Morgan fingerprint density at radius 2 is 2.29 bits per heavy atom. The summed E-state index contributed by atoms with van der Waals surface area (Å²) in [6, 6.07) is 5.65. The molecule has 0 unspecified atom stereocenters. The Morgan fingerprint density at radius 3 is 3.06 bits per heavy atom. The summed E-state index contributed by atoms with van der Waals surface area (Å²) in [5, 5.41) is 0. The number of nitrogen functional groups attached to an aromatic ring is 1. The molecule has 0 fully saturated rings. The SMILES string of the molecule is CCSCCN1CCc2ccc(N)cc2C1=O. The summed E-state index contributed by atoms with van der Waals surface area (Å²) < 4.78 is 0. The van der Waals surface area contributed by atoms with Gasteiger partial charge in [-0.3, -0.25) is 4.79 Å². The second kappa shape index (κ2) is 5.45. The molecule has 0 saturated heterocycles. The van der Waals surface area contributed by atoms with Gasteiger partial charge in [0.05, 0.1) is 0 Å². The third kappa shape index (κ3) is 2.75. The fraction of sp³-hybridized carbons (Fsp3) is 0.462. The van der Waals surface area contributed by atoms with Gasteiger partial charge in [-0.1, -0.05) is 13.0 Å². The van der Waals surface area contributed by atoms with E-state index in [-0.39, 0.29) is 5.91 Å². The van der Waals surface area contributed by atoms with Crippen LogP contribution >= 0.6 is 11.8 Å². The summed E-state index contributed by atoms with van der Waals surface area (Å²) in [6.07, 6.45) is 0.943. The number of carbonyl (C=O) groups excluding carboxylic acids is 1. The molecule has 92 valence electrons. The molecule has 4 heteroatoms. The maximum absolute atomic E-state index is 12.2. The van der Waals surface area contributed by atoms with E-state index in [0.717, 1.165) is 42.1 Å². The minimum absolute atomic E-state index is 0.134. The summed E-state index contributed by atoms with van der Waals surface area (Å²) in [4.78, 5) is 14.2. The van der Waals surface area contributed by atoms with Gasteiger partial charge in [-0.05, 0) is 29.9 Å². The molecule has 17 heavy (non-hydrogen) atoms. The van der Waals surface area contributed by atoms with Crippen molar-refractivity contribution >= 4 is 23.4 Å². The standard InChI is InChI=1S/C13H18N2OS/c1-2-17-8-7-15-6-5-10-3-4-11(14)9-12(10)13(15)16/h3-4,9H,2,5-8,14H2,1H3. The van der Waals surface area contributed by atoms with Gasteiger partial charge in [-0.25, -0.2) is 0 Å². The van der Waals surface area contributed by atoms with Crippen LogP contribution in [-0.2, 0) is 6.42 Å². The second-order valence-corrected chi connectivity index (χ2v) is 5.55. The molecule has 1 aromatic carbocycles. The van der Waals surface area contributed by atoms with E-state index < -0.39 is 0 Å². The molecule has 1 aliphatic heterocycles. The van der Waals surface area contributed by atoms with Gasteiger partial charge < -0.3 is 10.6 Å². The quantitative estimate of drug-likeness (QED) is 0.657. The van der Waals surface area contributed by atoms with Gasteiger partial charge in [0.2, 0.25) is 0 Å². The molecule has 3 nitrogen and oxygen atoms in total. The maximum atomic E-state index is 12.2. The number of rotatable bonds is 4. The van der Waals surface area contributed by atoms with Crippen LogP contribution in [0.4, 0.5) is 5.69 Å². The molecule has 0 spiro atoms. The molecule has 0 aliphatic carbocycles. The molecule has 1 aliphatic rings. The van der Waals surface area contributed by atoms with Crippen molar-refractivity contribution in [3.8, 4) is 0 Å². The van der Waals surface area contributed by atoms with E-state index in [2.05, 4.69) is 6.92 Å². The topological polar surface area (TPSA) is 46.3 Å². The zero-order valence-electron chi connectivity index (χ0n) is 10.1. The highest BCUT2D eigenvalue weighted by atomic mass is 32.2. The molecule has 0 saturated carbocycles. The van der Waals surface area contributed by atoms with Crippen LogP contribution < -0.4 is 5.73 Å². The van der Waals surface area contributed by atoms with Crippen LogP contribution in [0.3, 0.4) is 0 Å². The monoisotopic (exact) mass is 250 g/mol. The van der Waals surface area contributed by atoms with Gasteiger partial charge >= 0.3 is 0 Å². The average Bonchev–Trinajstić information content (AvgIpc) is 2.33. The van der Waals surface area contributed by atoms with Gasteiger partial charge in [0.15, 0.2) is 0 Å². The van der Waals surface area contributed by atoms with Crippen LogP contribution in [0.2, 0.25) is 0 Å². The van der Waals surface area contributed by atoms with Crippen molar-refractivity contribution in [1.29, 1.82) is 0 Å². The fourth-order valence-corrected chi connectivity index (χ4v) is 2.71. The summed E-state index contributed by atoms with van der Waals surface area (Å²) in [6.45, 7) is 3.81. The Kier molecular flexibility index (Phi) is 3.94. The largest absolute Gasteiger partial charge is 0.399 e. The first-order valence-electron chi connectivity index (χ1n) is 5.97. The lowest BCUT2D eigenvalue weighted by molar-refractivity contribution is 0.0751. The lowest BCUT2D eigenvalue weighted by Crippen LogP contribution is -2.39. The number of anilines is 1. The van der Waals surface area contributed by atoms with Gasteiger partial charge in [0.1, 0.15) is 0 Å². The molecule has 0 atom stereocenters. The number of nitrogens with two attached hydrogens (primary N) is 1. The Balaban J connectivity index is 2.09. The second-order valence-electron chi connectivity index (χ2n) is 4.16. The molecule has 2 rings (SSSR count). The highest BCUT2D eigenvalue weighted by Gasteiger charge is 2.23. The van der Waals surface area contributed by atoms with Crippen molar-refractivity contribution in [2.45, 2.75) is 13.3 Å². The van der Waals surface area contributed by atoms with Crippen LogP contribution in [0.25, 0.3) is 0 Å². The average molecular weight is 250 g/mol. The smallest absolute Gasteiger partial charge is 0.254 e. The molecule has 0 aromatic heterocycles. The molecule has 0 radical (unpaired) electrons. The van der Waals surface area contributed by atoms with Gasteiger partial charge in [0.25, 0.3) is 5.91 Å². The normalized spacial score (nSPS) is 14.9. The van der Waals surface area contributed by atoms with Gasteiger partial charge in [0, 0.05) is 30.1 Å². The van der Waals surface area contributed by atoms with E-state index in [1.807, 2.05) is 28.8 Å². The van der Waals surface area contributed by atoms with E-state index in [1.54, 1.807) is 6.07 Å². The lowest BCUT2D eigenvalue weighted by Gasteiger charge is -2.28. The van der Waals surface area contributed by atoms with E-state index in [0.29, 0.717) is 5.69 Å². The van der Waals surface area contributed by atoms with Crippen LogP contribution in [0.5, 0.6) is 0 Å². The number of fused-ring (bicyclic) bond motifs is 1. The molecule has 1 amide bonds. The first kappa shape index (κ1) is 12.3. The molecule has 1 heterocycles. The van der Waals surface area contributed by atoms with E-state index in [9.17, 15) is 4.79 Å². The molecular weight excluding hydrogens is 232 g/mol. The highest BCUT2D eigenvalue weighted by Crippen LogP contribution is 2.21. The van der Waals surface area contributed by atoms with Crippen LogP contribution in [0.15, 0.2) is 18.2 Å². The predicted octanol–water partition coefficient (Wildman–Crippen LogP) is 2.02. The summed E-state index contributed by atoms with van der Waals surface area (Å²) in [5.74, 6) is 2.25. The number of hydrogen-bond acceptors (Lipinski definition) is 3. The highest BCUT2D eigenvalue weighted by molar-refractivity contribution is 7.99. The van der Waals surface area contributed by atoms with Crippen molar-refractivity contribution in [3.63, 3.8) is 0 Å². The van der Waals surface area contributed by atoms with E-state index >= 15 is 0 Å². The van der Waals surface area contributed by atoms with Crippen molar-refractivity contribution < 1.29 is 4.79 Å². The van der Waals surface area contributed by atoms with Crippen LogP contribution in [0, 0.1) is 0 Å². The molecular formula is C13H18N2OS. The lowest BCUT2D eigenvalue weighted by atomic mass is 9.98. The van der Waals surface area contributed by atoms with Crippen molar-refractivity contribution in [1.82, 2.24) is 4.90 Å². The third-order valence-electron chi connectivity index (χ3n) is 3.01. The molecule has 0 bridgehead atoms. The molecule has 1 aromatic rings. The third-order valence-corrected chi connectivity index (χ3v) is 3.89. The zero-order valence-corrected chi connectivity index (χ0v) is 10.9. The Hall–Kier alpha value is -1.16. The molecule has 2 N–H and O–H groups in total. The van der Waals surface area contributed by atoms with Crippen LogP contribution in [-0.4, -0.2) is 35.4 Å². The van der Waals surface area contributed by atoms with E-state index in [4.69, 9.17) is 5.73 Å². The van der Waals surface area contributed by atoms with Crippen molar-refractivity contribution in [3.05, 3.63) is 29.3 Å².